The molecule has 0 aliphatic carbocycles. The van der Waals surface area contributed by atoms with E-state index in [1.165, 1.54) is 29.2 Å². The Balaban J connectivity index is 1.47. The molecule has 208 valence electrons. The van der Waals surface area contributed by atoms with E-state index >= 15 is 0 Å². The number of nitrogens with one attached hydrogen (secondary N) is 2. The summed E-state index contributed by atoms with van der Waals surface area (Å²) in [4.78, 5) is 83.7. The second kappa shape index (κ2) is 16.1. The summed E-state index contributed by atoms with van der Waals surface area (Å²) in [7, 11) is 0. The Hall–Kier alpha value is -3.83. The predicted molar refractivity (Wildman–Crippen MR) is 135 cm³/mol. The molecule has 3 N–H and O–H groups in total. The fraction of sp³-hybridized carbons (Fsp3) is 0.577. The second-order valence-electron chi connectivity index (χ2n) is 9.25. The molecule has 2 aliphatic heterocycles. The van der Waals surface area contributed by atoms with Crippen molar-refractivity contribution in [1.82, 2.24) is 20.4 Å². The van der Waals surface area contributed by atoms with Gasteiger partial charge in [0.15, 0.2) is 0 Å². The summed E-state index contributed by atoms with van der Waals surface area (Å²) in [5, 5.41) is 14.7. The topological polar surface area (TPSA) is 170 Å². The van der Waals surface area contributed by atoms with E-state index in [1.807, 2.05) is 0 Å². The molecule has 0 radical (unpaired) electrons. The lowest BCUT2D eigenvalue weighted by Gasteiger charge is -2.15. The molecule has 2 aliphatic rings. The van der Waals surface area contributed by atoms with Crippen LogP contribution >= 0.6 is 0 Å². The normalized spacial score (nSPS) is 15.5. The van der Waals surface area contributed by atoms with Gasteiger partial charge in [-0.15, -0.1) is 0 Å². The molecular weight excluding hydrogens is 496 g/mol. The van der Waals surface area contributed by atoms with E-state index < -0.39 is 12.0 Å². The Labute approximate surface area is 221 Å². The van der Waals surface area contributed by atoms with Crippen LogP contribution in [0.15, 0.2) is 24.3 Å². The summed E-state index contributed by atoms with van der Waals surface area (Å²) in [6.45, 7) is 1.04. The molecule has 0 aromatic heterocycles. The van der Waals surface area contributed by atoms with Gasteiger partial charge in [0, 0.05) is 56.8 Å². The Bertz CT molecular complexity index is 938. The maximum absolute atomic E-state index is 12.1. The summed E-state index contributed by atoms with van der Waals surface area (Å²) < 4.78 is 0. The first kappa shape index (κ1) is 30.4. The number of hydrogen-bond donors (Lipinski definition) is 3. The molecule has 0 aromatic carbocycles. The van der Waals surface area contributed by atoms with Gasteiger partial charge in [-0.25, -0.2) is 4.79 Å². The van der Waals surface area contributed by atoms with Gasteiger partial charge in [-0.1, -0.05) is 12.8 Å². The van der Waals surface area contributed by atoms with Crippen LogP contribution in [-0.2, 0) is 33.6 Å². The fourth-order valence-electron chi connectivity index (χ4n) is 4.08. The number of carbonyl (C=O) groups is 7. The van der Waals surface area contributed by atoms with Crippen molar-refractivity contribution in [3.05, 3.63) is 24.3 Å². The van der Waals surface area contributed by atoms with Crippen LogP contribution < -0.4 is 10.6 Å². The summed E-state index contributed by atoms with van der Waals surface area (Å²) in [6, 6.07) is -1.01. The van der Waals surface area contributed by atoms with Crippen LogP contribution in [0, 0.1) is 0 Å². The minimum absolute atomic E-state index is 0.113. The Kier molecular flexibility index (Phi) is 12.9. The number of carboxylic acids is 1. The average Bonchev–Trinajstić information content (AvgIpc) is 3.37. The monoisotopic (exact) mass is 532 g/mol. The molecule has 0 saturated heterocycles. The van der Waals surface area contributed by atoms with Crippen LogP contribution in [0.4, 0.5) is 0 Å². The zero-order valence-electron chi connectivity index (χ0n) is 21.5. The highest BCUT2D eigenvalue weighted by Gasteiger charge is 2.23. The number of unbranched alkanes of at least 4 members (excludes halogenated alkanes) is 5. The van der Waals surface area contributed by atoms with E-state index in [0.717, 1.165) is 4.90 Å². The number of aliphatic carboxylic acids is 1. The van der Waals surface area contributed by atoms with Crippen molar-refractivity contribution in [3.63, 3.8) is 0 Å². The second-order valence-corrected chi connectivity index (χ2v) is 9.25. The molecule has 2 heterocycles. The lowest BCUT2D eigenvalue weighted by molar-refractivity contribution is -0.142. The molecule has 0 fully saturated rings. The standard InChI is InChI=1S/C26H36N4O8/c31-20(10-3-1-7-17-29-22(33)12-13-23(29)34)27-16-6-5-9-19(26(37)38)28-21(32)11-4-2-8-18-30-24(35)14-15-25(30)36/h12-15,19H,1-11,16-18H2,(H,27,31)(H,28,32)(H,37,38). The van der Waals surface area contributed by atoms with Gasteiger partial charge in [0.1, 0.15) is 6.04 Å². The lowest BCUT2D eigenvalue weighted by atomic mass is 10.1. The third-order valence-corrected chi connectivity index (χ3v) is 6.25. The highest BCUT2D eigenvalue weighted by atomic mass is 16.4. The third-order valence-electron chi connectivity index (χ3n) is 6.25. The minimum Gasteiger partial charge on any atom is -0.480 e. The van der Waals surface area contributed by atoms with Crippen molar-refractivity contribution in [3.8, 4) is 0 Å². The van der Waals surface area contributed by atoms with E-state index in [4.69, 9.17) is 0 Å². The number of carboxylic acid groups (broad SMARTS) is 1. The Morgan fingerprint density at radius 2 is 1.13 bits per heavy atom. The SMILES string of the molecule is O=C(CCCCCN1C(=O)C=CC1=O)NCCCCC(NC(=O)CCCCCN1C(=O)C=CC1=O)C(=O)O. The molecule has 0 bridgehead atoms. The molecule has 6 amide bonds. The zero-order chi connectivity index (χ0) is 27.9. The molecule has 1 atom stereocenters. The van der Waals surface area contributed by atoms with Gasteiger partial charge in [0.25, 0.3) is 23.6 Å². The number of imide groups is 2. The summed E-state index contributed by atoms with van der Waals surface area (Å²) in [6.07, 6.45) is 10.4. The summed E-state index contributed by atoms with van der Waals surface area (Å²) in [5.74, 6) is -2.88. The van der Waals surface area contributed by atoms with Gasteiger partial charge >= 0.3 is 5.97 Å². The largest absolute Gasteiger partial charge is 0.480 e. The van der Waals surface area contributed by atoms with Gasteiger partial charge in [0.05, 0.1) is 0 Å². The maximum atomic E-state index is 12.1. The van der Waals surface area contributed by atoms with Crippen LogP contribution in [-0.4, -0.2) is 82.0 Å². The third kappa shape index (κ3) is 10.7. The maximum Gasteiger partial charge on any atom is 0.326 e. The first-order valence-electron chi connectivity index (χ1n) is 13.0. The van der Waals surface area contributed by atoms with E-state index in [-0.39, 0.29) is 48.3 Å². The number of hydrogen-bond acceptors (Lipinski definition) is 7. The van der Waals surface area contributed by atoms with Crippen LogP contribution in [0.1, 0.15) is 70.6 Å². The minimum atomic E-state index is -1.12. The highest BCUT2D eigenvalue weighted by Crippen LogP contribution is 2.09. The van der Waals surface area contributed by atoms with E-state index in [2.05, 4.69) is 10.6 Å². The van der Waals surface area contributed by atoms with Gasteiger partial charge in [-0.2, -0.15) is 0 Å². The molecule has 0 aromatic rings. The molecule has 12 heteroatoms. The molecule has 38 heavy (non-hydrogen) atoms. The van der Waals surface area contributed by atoms with Crippen LogP contribution in [0.5, 0.6) is 0 Å². The van der Waals surface area contributed by atoms with Crippen molar-refractivity contribution in [1.29, 1.82) is 0 Å². The van der Waals surface area contributed by atoms with Gasteiger partial charge in [0.2, 0.25) is 11.8 Å². The average molecular weight is 533 g/mol. The smallest absolute Gasteiger partial charge is 0.326 e. The van der Waals surface area contributed by atoms with Crippen molar-refractivity contribution in [2.24, 2.45) is 0 Å². The fourth-order valence-corrected chi connectivity index (χ4v) is 4.08. The van der Waals surface area contributed by atoms with E-state index in [1.54, 1.807) is 0 Å². The number of amides is 6. The molecule has 0 spiro atoms. The number of nitrogens with zero attached hydrogens (tertiary/aromatic N) is 2. The van der Waals surface area contributed by atoms with Crippen molar-refractivity contribution in [2.45, 2.75) is 76.7 Å². The van der Waals surface area contributed by atoms with Gasteiger partial charge in [-0.05, 0) is 44.9 Å². The van der Waals surface area contributed by atoms with E-state index in [0.29, 0.717) is 77.4 Å². The highest BCUT2D eigenvalue weighted by molar-refractivity contribution is 6.13. The quantitative estimate of drug-likeness (QED) is 0.162. The summed E-state index contributed by atoms with van der Waals surface area (Å²) in [5.41, 5.74) is 0. The van der Waals surface area contributed by atoms with Crippen molar-refractivity contribution >= 4 is 41.4 Å². The van der Waals surface area contributed by atoms with Crippen LogP contribution in [0.2, 0.25) is 0 Å². The van der Waals surface area contributed by atoms with Crippen molar-refractivity contribution < 1.29 is 38.7 Å². The molecule has 12 nitrogen and oxygen atoms in total. The number of rotatable bonds is 19. The van der Waals surface area contributed by atoms with Crippen LogP contribution in [0.25, 0.3) is 0 Å². The molecule has 0 saturated carbocycles. The first-order chi connectivity index (χ1) is 18.2. The predicted octanol–water partition coefficient (Wildman–Crippen LogP) is 0.813. The molecular formula is C26H36N4O8. The molecule has 1 unspecified atom stereocenters. The van der Waals surface area contributed by atoms with Crippen LogP contribution in [0.3, 0.4) is 0 Å². The van der Waals surface area contributed by atoms with Gasteiger partial charge < -0.3 is 15.7 Å². The Morgan fingerprint density at radius 1 is 0.658 bits per heavy atom. The number of carbonyl (C=O) groups excluding carboxylic acids is 6. The van der Waals surface area contributed by atoms with E-state index in [9.17, 15) is 38.7 Å². The first-order valence-corrected chi connectivity index (χ1v) is 13.0. The Morgan fingerprint density at radius 3 is 1.61 bits per heavy atom. The van der Waals surface area contributed by atoms with Gasteiger partial charge in [-0.3, -0.25) is 38.6 Å². The lowest BCUT2D eigenvalue weighted by Crippen LogP contribution is -2.40. The molecule has 2 rings (SSSR count). The zero-order valence-corrected chi connectivity index (χ0v) is 21.5. The summed E-state index contributed by atoms with van der Waals surface area (Å²) >= 11 is 0. The van der Waals surface area contributed by atoms with Crippen molar-refractivity contribution in [2.75, 3.05) is 19.6 Å².